The molecule has 2 rings (SSSR count). The van der Waals surface area contributed by atoms with Crippen molar-refractivity contribution in [3.63, 3.8) is 0 Å². The molecule has 2 N–H and O–H groups in total. The van der Waals surface area contributed by atoms with Crippen molar-refractivity contribution in [3.05, 3.63) is 58.8 Å². The summed E-state index contributed by atoms with van der Waals surface area (Å²) in [7, 11) is 0. The molecule has 0 saturated heterocycles. The van der Waals surface area contributed by atoms with Crippen LogP contribution in [0, 0.1) is 0 Å². The van der Waals surface area contributed by atoms with E-state index >= 15 is 0 Å². The van der Waals surface area contributed by atoms with E-state index in [9.17, 15) is 9.59 Å². The fourth-order valence-corrected chi connectivity index (χ4v) is 1.48. The molecular formula is C13H13N3O3. The van der Waals surface area contributed by atoms with Crippen molar-refractivity contribution in [2.75, 3.05) is 12.3 Å². The number of aromatic nitrogens is 2. The lowest BCUT2D eigenvalue weighted by Gasteiger charge is -2.06. The second-order valence-corrected chi connectivity index (χ2v) is 3.84. The number of hydrogen-bond acceptors (Lipinski definition) is 5. The minimum absolute atomic E-state index is 0.106. The van der Waals surface area contributed by atoms with E-state index in [2.05, 4.69) is 4.98 Å². The maximum atomic E-state index is 11.6. The molecule has 0 amide bonds. The van der Waals surface area contributed by atoms with Gasteiger partial charge >= 0.3 is 5.97 Å². The molecule has 2 aromatic rings. The van der Waals surface area contributed by atoms with Crippen molar-refractivity contribution in [1.82, 2.24) is 9.55 Å². The molecular weight excluding hydrogens is 246 g/mol. The number of anilines is 1. The third kappa shape index (κ3) is 3.41. The van der Waals surface area contributed by atoms with Crippen LogP contribution in [0.15, 0.2) is 47.5 Å². The Morgan fingerprint density at radius 3 is 2.84 bits per heavy atom. The summed E-state index contributed by atoms with van der Waals surface area (Å²) in [5.41, 5.74) is 6.00. The van der Waals surface area contributed by atoms with Gasteiger partial charge in [0, 0.05) is 12.3 Å². The average molecular weight is 259 g/mol. The second kappa shape index (κ2) is 5.81. The maximum Gasteiger partial charge on any atom is 0.356 e. The SMILES string of the molecule is Nc1ccc(C(=O)OCCn2ccccc2=O)nc1. The van der Waals surface area contributed by atoms with Crippen molar-refractivity contribution in [2.24, 2.45) is 0 Å². The van der Waals surface area contributed by atoms with Gasteiger partial charge in [-0.25, -0.2) is 9.78 Å². The predicted octanol–water partition coefficient (Wildman–Crippen LogP) is 0.682. The van der Waals surface area contributed by atoms with Gasteiger partial charge in [0.25, 0.3) is 5.56 Å². The first kappa shape index (κ1) is 12.8. The highest BCUT2D eigenvalue weighted by atomic mass is 16.5. The van der Waals surface area contributed by atoms with Gasteiger partial charge in [-0.1, -0.05) is 6.07 Å². The van der Waals surface area contributed by atoms with Gasteiger partial charge in [0.05, 0.1) is 18.4 Å². The topological polar surface area (TPSA) is 87.2 Å². The number of nitrogens with zero attached hydrogens (tertiary/aromatic N) is 2. The Morgan fingerprint density at radius 2 is 2.16 bits per heavy atom. The number of ether oxygens (including phenoxy) is 1. The Balaban J connectivity index is 1.89. The van der Waals surface area contributed by atoms with E-state index < -0.39 is 5.97 Å². The molecule has 0 radical (unpaired) electrons. The number of carbonyl (C=O) groups is 1. The number of nitrogens with two attached hydrogens (primary N) is 1. The largest absolute Gasteiger partial charge is 0.459 e. The Hall–Kier alpha value is -2.63. The molecule has 0 aliphatic heterocycles. The van der Waals surface area contributed by atoms with E-state index in [1.165, 1.54) is 22.9 Å². The van der Waals surface area contributed by atoms with Gasteiger partial charge in [0.1, 0.15) is 12.3 Å². The summed E-state index contributed by atoms with van der Waals surface area (Å²) < 4.78 is 6.49. The highest BCUT2D eigenvalue weighted by Gasteiger charge is 2.08. The molecule has 2 heterocycles. The fourth-order valence-electron chi connectivity index (χ4n) is 1.48. The zero-order valence-electron chi connectivity index (χ0n) is 10.2. The Morgan fingerprint density at radius 1 is 1.32 bits per heavy atom. The molecule has 6 nitrogen and oxygen atoms in total. The Kier molecular flexibility index (Phi) is 3.92. The monoisotopic (exact) mass is 259 g/mol. The van der Waals surface area contributed by atoms with E-state index in [1.807, 2.05) is 0 Å². The summed E-state index contributed by atoms with van der Waals surface area (Å²) in [6.07, 6.45) is 3.02. The summed E-state index contributed by atoms with van der Waals surface area (Å²) in [5.74, 6) is -0.538. The summed E-state index contributed by atoms with van der Waals surface area (Å²) >= 11 is 0. The summed E-state index contributed by atoms with van der Waals surface area (Å²) in [6, 6.07) is 7.91. The molecule has 0 spiro atoms. The zero-order chi connectivity index (χ0) is 13.7. The molecule has 19 heavy (non-hydrogen) atoms. The quantitative estimate of drug-likeness (QED) is 0.816. The first-order chi connectivity index (χ1) is 9.16. The van der Waals surface area contributed by atoms with Crippen molar-refractivity contribution in [2.45, 2.75) is 6.54 Å². The van der Waals surface area contributed by atoms with E-state index in [0.29, 0.717) is 12.2 Å². The van der Waals surface area contributed by atoms with Crippen LogP contribution < -0.4 is 11.3 Å². The van der Waals surface area contributed by atoms with Crippen molar-refractivity contribution in [3.8, 4) is 0 Å². The first-order valence-electron chi connectivity index (χ1n) is 5.71. The van der Waals surface area contributed by atoms with Gasteiger partial charge in [0.15, 0.2) is 0 Å². The highest BCUT2D eigenvalue weighted by molar-refractivity contribution is 5.87. The van der Waals surface area contributed by atoms with Crippen molar-refractivity contribution >= 4 is 11.7 Å². The van der Waals surface area contributed by atoms with Crippen LogP contribution in [-0.4, -0.2) is 22.1 Å². The molecule has 6 heteroatoms. The van der Waals surface area contributed by atoms with Crippen LogP contribution in [0.5, 0.6) is 0 Å². The Bertz CT molecular complexity index is 620. The van der Waals surface area contributed by atoms with E-state index in [1.54, 1.807) is 24.4 Å². The van der Waals surface area contributed by atoms with E-state index in [0.717, 1.165) is 0 Å². The van der Waals surface area contributed by atoms with Gasteiger partial charge in [-0.2, -0.15) is 0 Å². The van der Waals surface area contributed by atoms with Gasteiger partial charge in [0.2, 0.25) is 0 Å². The molecule has 2 aromatic heterocycles. The maximum absolute atomic E-state index is 11.6. The average Bonchev–Trinajstić information content (AvgIpc) is 2.41. The molecule has 0 bridgehead atoms. The van der Waals surface area contributed by atoms with Crippen molar-refractivity contribution < 1.29 is 9.53 Å². The van der Waals surface area contributed by atoms with Gasteiger partial charge in [-0.15, -0.1) is 0 Å². The molecule has 0 saturated carbocycles. The zero-order valence-corrected chi connectivity index (χ0v) is 10.2. The third-order valence-corrected chi connectivity index (χ3v) is 2.46. The molecule has 0 fully saturated rings. The minimum atomic E-state index is -0.538. The Labute approximate surface area is 109 Å². The van der Waals surface area contributed by atoms with Crippen LogP contribution in [0.2, 0.25) is 0 Å². The normalized spacial score (nSPS) is 10.1. The van der Waals surface area contributed by atoms with Crippen LogP contribution in [0.1, 0.15) is 10.5 Å². The van der Waals surface area contributed by atoms with Crippen molar-refractivity contribution in [1.29, 1.82) is 0 Å². The molecule has 0 aromatic carbocycles. The van der Waals surface area contributed by atoms with Crippen LogP contribution in [0.4, 0.5) is 5.69 Å². The van der Waals surface area contributed by atoms with Crippen LogP contribution in [-0.2, 0) is 11.3 Å². The number of esters is 1. The number of hydrogen-bond donors (Lipinski definition) is 1. The standard InChI is InChI=1S/C13H13N3O3/c14-10-4-5-11(15-9-10)13(18)19-8-7-16-6-2-1-3-12(16)17/h1-6,9H,7-8,14H2. The lowest BCUT2D eigenvalue weighted by molar-refractivity contribution is 0.0483. The van der Waals surface area contributed by atoms with Crippen LogP contribution >= 0.6 is 0 Å². The lowest BCUT2D eigenvalue weighted by Crippen LogP contribution is -2.21. The molecule has 0 aliphatic carbocycles. The summed E-state index contributed by atoms with van der Waals surface area (Å²) in [6.45, 7) is 0.412. The van der Waals surface area contributed by atoms with E-state index in [4.69, 9.17) is 10.5 Å². The first-order valence-corrected chi connectivity index (χ1v) is 5.71. The highest BCUT2D eigenvalue weighted by Crippen LogP contribution is 2.02. The third-order valence-electron chi connectivity index (χ3n) is 2.46. The van der Waals surface area contributed by atoms with Crippen LogP contribution in [0.25, 0.3) is 0 Å². The van der Waals surface area contributed by atoms with Gasteiger partial charge in [-0.3, -0.25) is 4.79 Å². The molecule has 0 unspecified atom stereocenters. The molecule has 0 aliphatic rings. The lowest BCUT2D eigenvalue weighted by atomic mass is 10.3. The smallest absolute Gasteiger partial charge is 0.356 e. The number of pyridine rings is 2. The summed E-state index contributed by atoms with van der Waals surface area (Å²) in [4.78, 5) is 26.9. The minimum Gasteiger partial charge on any atom is -0.459 e. The molecule has 0 atom stereocenters. The second-order valence-electron chi connectivity index (χ2n) is 3.84. The molecule has 98 valence electrons. The van der Waals surface area contributed by atoms with Gasteiger partial charge in [-0.05, 0) is 18.2 Å². The van der Waals surface area contributed by atoms with Crippen LogP contribution in [0.3, 0.4) is 0 Å². The number of rotatable bonds is 4. The predicted molar refractivity (Wildman–Crippen MR) is 69.6 cm³/mol. The fraction of sp³-hybridized carbons (Fsp3) is 0.154. The summed E-state index contributed by atoms with van der Waals surface area (Å²) in [5, 5.41) is 0. The van der Waals surface area contributed by atoms with Gasteiger partial charge < -0.3 is 15.0 Å². The van der Waals surface area contributed by atoms with E-state index in [-0.39, 0.29) is 17.9 Å². The number of nitrogen functional groups attached to an aromatic ring is 1. The number of carbonyl (C=O) groups excluding carboxylic acids is 1.